The van der Waals surface area contributed by atoms with E-state index in [-0.39, 0.29) is 17.0 Å². The van der Waals surface area contributed by atoms with Gasteiger partial charge in [-0.1, -0.05) is 6.07 Å². The van der Waals surface area contributed by atoms with E-state index in [0.717, 1.165) is 19.2 Å². The van der Waals surface area contributed by atoms with Gasteiger partial charge in [-0.3, -0.25) is 14.9 Å². The van der Waals surface area contributed by atoms with E-state index in [2.05, 4.69) is 10.1 Å². The molecule has 2 aromatic carbocycles. The predicted molar refractivity (Wildman–Crippen MR) is 89.7 cm³/mol. The second-order valence-corrected chi connectivity index (χ2v) is 5.23. The third kappa shape index (κ3) is 4.53. The molecule has 0 atom stereocenters. The highest BCUT2D eigenvalue weighted by Crippen LogP contribution is 2.28. The molecule has 0 aliphatic heterocycles. The second kappa shape index (κ2) is 8.06. The van der Waals surface area contributed by atoms with E-state index in [1.54, 1.807) is 6.92 Å². The Morgan fingerprint density at radius 1 is 1.23 bits per heavy atom. The van der Waals surface area contributed by atoms with Crippen molar-refractivity contribution in [2.24, 2.45) is 0 Å². The number of aryl methyl sites for hydroxylation is 1. The van der Waals surface area contributed by atoms with E-state index in [9.17, 15) is 24.1 Å². The lowest BCUT2D eigenvalue weighted by Crippen LogP contribution is -2.20. The summed E-state index contributed by atoms with van der Waals surface area (Å²) >= 11 is 0. The first-order valence-corrected chi connectivity index (χ1v) is 7.37. The zero-order valence-electron chi connectivity index (χ0n) is 13.9. The zero-order chi connectivity index (χ0) is 19.3. The van der Waals surface area contributed by atoms with Gasteiger partial charge in [0.1, 0.15) is 5.82 Å². The molecular formula is C17H15FN2O6. The van der Waals surface area contributed by atoms with Gasteiger partial charge in [0.15, 0.2) is 12.4 Å². The first-order valence-electron chi connectivity index (χ1n) is 7.37. The van der Waals surface area contributed by atoms with Crippen LogP contribution >= 0.6 is 0 Å². The van der Waals surface area contributed by atoms with Crippen LogP contribution in [-0.4, -0.2) is 30.5 Å². The monoisotopic (exact) mass is 362 g/mol. The first-order chi connectivity index (χ1) is 12.3. The van der Waals surface area contributed by atoms with Crippen LogP contribution in [0.25, 0.3) is 0 Å². The van der Waals surface area contributed by atoms with Gasteiger partial charge in [-0.05, 0) is 36.8 Å². The minimum atomic E-state index is -0.741. The Balaban J connectivity index is 2.08. The molecule has 9 heteroatoms. The number of benzene rings is 2. The summed E-state index contributed by atoms with van der Waals surface area (Å²) in [5.41, 5.74) is 0.158. The molecule has 0 unspecified atom stereocenters. The summed E-state index contributed by atoms with van der Waals surface area (Å²) < 4.78 is 23.1. The molecule has 0 saturated carbocycles. The number of rotatable bonds is 6. The maximum atomic E-state index is 13.5. The number of nitrogens with zero attached hydrogens (tertiary/aromatic N) is 1. The van der Waals surface area contributed by atoms with Crippen LogP contribution < -0.4 is 10.1 Å². The second-order valence-electron chi connectivity index (χ2n) is 5.23. The van der Waals surface area contributed by atoms with Gasteiger partial charge < -0.3 is 14.8 Å². The fourth-order valence-electron chi connectivity index (χ4n) is 2.04. The predicted octanol–water partition coefficient (Wildman–Crippen LogP) is 2.85. The summed E-state index contributed by atoms with van der Waals surface area (Å²) in [6, 6.07) is 7.64. The number of hydrogen-bond acceptors (Lipinski definition) is 6. The Morgan fingerprint density at radius 2 is 1.96 bits per heavy atom. The molecule has 8 nitrogen and oxygen atoms in total. The number of methoxy groups -OCH3 is 1. The largest absolute Gasteiger partial charge is 0.477 e. The molecule has 0 spiro atoms. The fraction of sp³-hybridized carbons (Fsp3) is 0.176. The summed E-state index contributed by atoms with van der Waals surface area (Å²) in [6.07, 6.45) is 0. The standard InChI is InChI=1S/C17H15FN2O6/c1-10-3-5-12(8-13(10)18)19-16(21)9-26-15-6-4-11(17(22)25-2)7-14(15)20(23)24/h3-8H,9H2,1-2H3,(H,19,21). The number of ether oxygens (including phenoxy) is 2. The molecule has 0 fully saturated rings. The van der Waals surface area contributed by atoms with E-state index < -0.39 is 34.9 Å². The number of halogens is 1. The highest BCUT2D eigenvalue weighted by atomic mass is 19.1. The number of nitrogens with one attached hydrogen (secondary N) is 1. The maximum Gasteiger partial charge on any atom is 0.338 e. The number of anilines is 1. The van der Waals surface area contributed by atoms with Gasteiger partial charge in [-0.25, -0.2) is 9.18 Å². The summed E-state index contributed by atoms with van der Waals surface area (Å²) in [4.78, 5) is 33.7. The molecule has 0 radical (unpaired) electrons. The van der Waals surface area contributed by atoms with Crippen LogP contribution in [0.15, 0.2) is 36.4 Å². The van der Waals surface area contributed by atoms with Gasteiger partial charge in [0.2, 0.25) is 0 Å². The molecule has 0 aromatic heterocycles. The Labute approximate surface area is 147 Å². The number of nitro benzene ring substituents is 1. The third-order valence-electron chi connectivity index (χ3n) is 3.39. The van der Waals surface area contributed by atoms with Gasteiger partial charge in [-0.2, -0.15) is 0 Å². The van der Waals surface area contributed by atoms with Crippen molar-refractivity contribution in [1.82, 2.24) is 0 Å². The van der Waals surface area contributed by atoms with Crippen LogP contribution in [0.5, 0.6) is 5.75 Å². The van der Waals surface area contributed by atoms with Crippen molar-refractivity contribution in [1.29, 1.82) is 0 Å². The summed E-state index contributed by atoms with van der Waals surface area (Å²) in [5, 5.41) is 13.5. The van der Waals surface area contributed by atoms with Crippen molar-refractivity contribution < 1.29 is 28.4 Å². The highest BCUT2D eigenvalue weighted by molar-refractivity contribution is 5.92. The van der Waals surface area contributed by atoms with Crippen LogP contribution in [0.1, 0.15) is 15.9 Å². The molecular weight excluding hydrogens is 347 g/mol. The lowest BCUT2D eigenvalue weighted by Gasteiger charge is -2.09. The number of esters is 1. The van der Waals surface area contributed by atoms with Gasteiger partial charge >= 0.3 is 11.7 Å². The number of hydrogen-bond donors (Lipinski definition) is 1. The number of carbonyl (C=O) groups excluding carboxylic acids is 2. The highest BCUT2D eigenvalue weighted by Gasteiger charge is 2.20. The molecule has 0 aliphatic rings. The summed E-state index contributed by atoms with van der Waals surface area (Å²) in [7, 11) is 1.15. The number of carbonyl (C=O) groups is 2. The maximum absolute atomic E-state index is 13.5. The molecule has 26 heavy (non-hydrogen) atoms. The van der Waals surface area contributed by atoms with Gasteiger partial charge in [0, 0.05) is 11.8 Å². The number of amides is 1. The molecule has 2 aromatic rings. The molecule has 2 rings (SSSR count). The Bertz CT molecular complexity index is 868. The normalized spacial score (nSPS) is 10.1. The van der Waals surface area contributed by atoms with E-state index in [1.807, 2.05) is 0 Å². The van der Waals surface area contributed by atoms with E-state index >= 15 is 0 Å². The molecule has 0 saturated heterocycles. The number of nitro groups is 1. The van der Waals surface area contributed by atoms with Gasteiger partial charge in [0.25, 0.3) is 5.91 Å². The summed E-state index contributed by atoms with van der Waals surface area (Å²) in [6.45, 7) is 1.05. The topological polar surface area (TPSA) is 108 Å². The zero-order valence-corrected chi connectivity index (χ0v) is 13.9. The van der Waals surface area contributed by atoms with Gasteiger partial charge in [-0.15, -0.1) is 0 Å². The van der Waals surface area contributed by atoms with Crippen molar-refractivity contribution in [3.8, 4) is 5.75 Å². The van der Waals surface area contributed by atoms with Crippen molar-refractivity contribution in [2.45, 2.75) is 6.92 Å². The third-order valence-corrected chi connectivity index (χ3v) is 3.39. The molecule has 0 bridgehead atoms. The lowest BCUT2D eigenvalue weighted by molar-refractivity contribution is -0.385. The van der Waals surface area contributed by atoms with Crippen LogP contribution in [0.3, 0.4) is 0 Å². The average Bonchev–Trinajstić information content (AvgIpc) is 2.62. The van der Waals surface area contributed by atoms with Crippen molar-refractivity contribution >= 4 is 23.3 Å². The Hall–Kier alpha value is -3.49. The van der Waals surface area contributed by atoms with Crippen LogP contribution in [-0.2, 0) is 9.53 Å². The van der Waals surface area contributed by atoms with E-state index in [0.29, 0.717) is 5.56 Å². The van der Waals surface area contributed by atoms with Crippen LogP contribution in [0.4, 0.5) is 15.8 Å². The van der Waals surface area contributed by atoms with Crippen molar-refractivity contribution in [3.05, 3.63) is 63.5 Å². The minimum Gasteiger partial charge on any atom is -0.477 e. The van der Waals surface area contributed by atoms with Crippen LogP contribution in [0, 0.1) is 22.9 Å². The Morgan fingerprint density at radius 3 is 2.58 bits per heavy atom. The smallest absolute Gasteiger partial charge is 0.338 e. The minimum absolute atomic E-state index is 0.0221. The molecule has 1 amide bonds. The molecule has 0 heterocycles. The quantitative estimate of drug-likeness (QED) is 0.481. The summed E-state index contributed by atoms with van der Waals surface area (Å²) in [5.74, 6) is -2.02. The van der Waals surface area contributed by atoms with Crippen molar-refractivity contribution in [3.63, 3.8) is 0 Å². The lowest BCUT2D eigenvalue weighted by atomic mass is 10.2. The van der Waals surface area contributed by atoms with E-state index in [4.69, 9.17) is 4.74 Å². The van der Waals surface area contributed by atoms with Crippen LogP contribution in [0.2, 0.25) is 0 Å². The fourth-order valence-corrected chi connectivity index (χ4v) is 2.04. The Kier molecular flexibility index (Phi) is 5.84. The molecule has 136 valence electrons. The van der Waals surface area contributed by atoms with Gasteiger partial charge in [0.05, 0.1) is 17.6 Å². The molecule has 0 aliphatic carbocycles. The molecule has 1 N–H and O–H groups in total. The average molecular weight is 362 g/mol. The van der Waals surface area contributed by atoms with E-state index in [1.165, 1.54) is 24.3 Å². The SMILES string of the molecule is COC(=O)c1ccc(OCC(=O)Nc2ccc(C)c(F)c2)c([N+](=O)[O-])c1. The first kappa shape index (κ1) is 18.8. The van der Waals surface area contributed by atoms with Crippen molar-refractivity contribution in [2.75, 3.05) is 19.0 Å².